The number of hydrogen-bond acceptors (Lipinski definition) is 6. The fraction of sp³-hybridized carbons (Fsp3) is 0.312. The van der Waals surface area contributed by atoms with Crippen LogP contribution in [0.5, 0.6) is 0 Å². The molecule has 0 aliphatic carbocycles. The summed E-state index contributed by atoms with van der Waals surface area (Å²) in [7, 11) is -3.55. The van der Waals surface area contributed by atoms with Crippen molar-refractivity contribution < 1.29 is 18.1 Å². The minimum absolute atomic E-state index is 0.0921. The molecular weight excluding hydrogens is 378 g/mol. The molecule has 1 aliphatic heterocycles. The number of carbonyl (C=O) groups is 1. The van der Waals surface area contributed by atoms with Crippen LogP contribution in [0, 0.1) is 10.1 Å². The van der Waals surface area contributed by atoms with E-state index in [1.807, 2.05) is 0 Å². The maximum Gasteiger partial charge on any atom is 0.269 e. The number of rotatable bonds is 6. The highest BCUT2D eigenvalue weighted by Crippen LogP contribution is 2.28. The van der Waals surface area contributed by atoms with Crippen LogP contribution in [0.2, 0.25) is 0 Å². The maximum absolute atomic E-state index is 12.7. The molecule has 1 amide bonds. The Labute approximate surface area is 154 Å². The summed E-state index contributed by atoms with van der Waals surface area (Å²) in [5.41, 5.74) is 0.201. The molecule has 1 N–H and O–H groups in total. The van der Waals surface area contributed by atoms with Crippen molar-refractivity contribution in [3.8, 4) is 0 Å². The quantitative estimate of drug-likeness (QED) is 0.596. The van der Waals surface area contributed by atoms with E-state index in [0.717, 1.165) is 6.42 Å². The smallest absolute Gasteiger partial charge is 0.269 e. The standard InChI is InChI=1S/C16H17N3O5S2/c20-16(12-5-7-13(8-6-12)19(21)22)17-11-14-3-1-9-18(14)26(23,24)15-4-2-10-25-15/h2,4-8,10,14H,1,3,9,11H2,(H,17,20)/t14-/m0/s1. The number of thiophene rings is 1. The highest BCUT2D eigenvalue weighted by molar-refractivity contribution is 7.91. The van der Waals surface area contributed by atoms with Crippen molar-refractivity contribution in [2.45, 2.75) is 23.1 Å². The predicted molar refractivity (Wildman–Crippen MR) is 96.7 cm³/mol. The van der Waals surface area contributed by atoms with Crippen LogP contribution in [-0.4, -0.2) is 42.7 Å². The number of amides is 1. The van der Waals surface area contributed by atoms with E-state index in [9.17, 15) is 23.3 Å². The first-order valence-corrected chi connectivity index (χ1v) is 10.3. The van der Waals surface area contributed by atoms with Gasteiger partial charge in [0.1, 0.15) is 4.21 Å². The number of nitrogens with zero attached hydrogens (tertiary/aromatic N) is 2. The van der Waals surface area contributed by atoms with Gasteiger partial charge in [-0.3, -0.25) is 14.9 Å². The molecule has 2 heterocycles. The van der Waals surface area contributed by atoms with Gasteiger partial charge >= 0.3 is 0 Å². The van der Waals surface area contributed by atoms with Gasteiger partial charge < -0.3 is 5.32 Å². The lowest BCUT2D eigenvalue weighted by Crippen LogP contribution is -2.42. The molecule has 0 saturated carbocycles. The van der Waals surface area contributed by atoms with Gasteiger partial charge in [-0.1, -0.05) is 6.07 Å². The minimum Gasteiger partial charge on any atom is -0.350 e. The lowest BCUT2D eigenvalue weighted by Gasteiger charge is -2.23. The number of nitro groups is 1. The van der Waals surface area contributed by atoms with Crippen LogP contribution in [-0.2, 0) is 10.0 Å². The van der Waals surface area contributed by atoms with Crippen molar-refractivity contribution in [1.82, 2.24) is 9.62 Å². The Morgan fingerprint density at radius 3 is 2.65 bits per heavy atom. The molecule has 0 spiro atoms. The first kappa shape index (κ1) is 18.5. The molecule has 0 bridgehead atoms. The summed E-state index contributed by atoms with van der Waals surface area (Å²) in [6, 6.07) is 8.24. The third-order valence-corrected chi connectivity index (χ3v) is 7.54. The number of benzene rings is 1. The molecule has 138 valence electrons. The average molecular weight is 395 g/mol. The molecule has 10 heteroatoms. The summed E-state index contributed by atoms with van der Waals surface area (Å²) in [6.45, 7) is 0.624. The monoisotopic (exact) mass is 395 g/mol. The molecule has 1 aromatic heterocycles. The van der Waals surface area contributed by atoms with E-state index in [-0.39, 0.29) is 24.2 Å². The first-order valence-electron chi connectivity index (χ1n) is 7.97. The second kappa shape index (κ2) is 7.52. The fourth-order valence-electron chi connectivity index (χ4n) is 2.90. The zero-order chi connectivity index (χ0) is 18.7. The van der Waals surface area contributed by atoms with E-state index < -0.39 is 14.9 Å². The van der Waals surface area contributed by atoms with Crippen LogP contribution < -0.4 is 5.32 Å². The summed E-state index contributed by atoms with van der Waals surface area (Å²) < 4.78 is 27.1. The average Bonchev–Trinajstić information content (AvgIpc) is 3.31. The van der Waals surface area contributed by atoms with Gasteiger partial charge in [0.05, 0.1) is 4.92 Å². The Morgan fingerprint density at radius 1 is 1.31 bits per heavy atom. The van der Waals surface area contributed by atoms with Gasteiger partial charge in [0.25, 0.3) is 21.6 Å². The summed E-state index contributed by atoms with van der Waals surface area (Å²) in [5, 5.41) is 15.1. The molecule has 1 fully saturated rings. The summed E-state index contributed by atoms with van der Waals surface area (Å²) in [5.74, 6) is -0.389. The number of sulfonamides is 1. The number of carbonyl (C=O) groups excluding carboxylic acids is 1. The third kappa shape index (κ3) is 3.76. The first-order chi connectivity index (χ1) is 12.4. The molecular formula is C16H17N3O5S2. The van der Waals surface area contributed by atoms with Crippen LogP contribution in [0.15, 0.2) is 46.0 Å². The van der Waals surface area contributed by atoms with Gasteiger partial charge in [-0.15, -0.1) is 11.3 Å². The van der Waals surface area contributed by atoms with Crippen LogP contribution >= 0.6 is 11.3 Å². The van der Waals surface area contributed by atoms with Crippen molar-refractivity contribution >= 4 is 33.0 Å². The normalized spacial score (nSPS) is 17.9. The topological polar surface area (TPSA) is 110 Å². The summed E-state index contributed by atoms with van der Waals surface area (Å²) in [6.07, 6.45) is 1.41. The highest BCUT2D eigenvalue weighted by atomic mass is 32.2. The molecule has 0 radical (unpaired) electrons. The molecule has 1 aliphatic rings. The van der Waals surface area contributed by atoms with Crippen molar-refractivity contribution in [1.29, 1.82) is 0 Å². The highest BCUT2D eigenvalue weighted by Gasteiger charge is 2.35. The number of non-ortho nitro benzene ring substituents is 1. The Kier molecular flexibility index (Phi) is 5.35. The van der Waals surface area contributed by atoms with E-state index in [1.54, 1.807) is 17.5 Å². The predicted octanol–water partition coefficient (Wildman–Crippen LogP) is 2.24. The lowest BCUT2D eigenvalue weighted by atomic mass is 10.2. The van der Waals surface area contributed by atoms with Gasteiger partial charge in [-0.05, 0) is 36.4 Å². The van der Waals surface area contributed by atoms with E-state index >= 15 is 0 Å². The Morgan fingerprint density at radius 2 is 2.04 bits per heavy atom. The van der Waals surface area contributed by atoms with Crippen LogP contribution in [0.1, 0.15) is 23.2 Å². The largest absolute Gasteiger partial charge is 0.350 e. The number of nitrogens with one attached hydrogen (secondary N) is 1. The summed E-state index contributed by atoms with van der Waals surface area (Å²) in [4.78, 5) is 22.3. The Bertz CT molecular complexity index is 894. The van der Waals surface area contributed by atoms with Crippen LogP contribution in [0.3, 0.4) is 0 Å². The lowest BCUT2D eigenvalue weighted by molar-refractivity contribution is -0.384. The van der Waals surface area contributed by atoms with Crippen molar-refractivity contribution in [2.75, 3.05) is 13.1 Å². The van der Waals surface area contributed by atoms with Gasteiger partial charge in [-0.25, -0.2) is 8.42 Å². The Balaban J connectivity index is 1.65. The van der Waals surface area contributed by atoms with Gasteiger partial charge in [0, 0.05) is 36.8 Å². The zero-order valence-electron chi connectivity index (χ0n) is 13.7. The molecule has 0 unspecified atom stereocenters. The number of nitro benzene ring substituents is 1. The second-order valence-corrected chi connectivity index (χ2v) is 8.92. The minimum atomic E-state index is -3.55. The van der Waals surface area contributed by atoms with E-state index in [4.69, 9.17) is 0 Å². The van der Waals surface area contributed by atoms with Gasteiger partial charge in [0.2, 0.25) is 0 Å². The zero-order valence-corrected chi connectivity index (χ0v) is 15.3. The maximum atomic E-state index is 12.7. The molecule has 3 rings (SSSR count). The van der Waals surface area contributed by atoms with Crippen LogP contribution in [0.25, 0.3) is 0 Å². The molecule has 1 atom stereocenters. The van der Waals surface area contributed by atoms with E-state index in [2.05, 4.69) is 5.32 Å². The number of hydrogen-bond donors (Lipinski definition) is 1. The molecule has 2 aromatic rings. The summed E-state index contributed by atoms with van der Waals surface area (Å²) >= 11 is 1.17. The Hall–Kier alpha value is -2.30. The van der Waals surface area contributed by atoms with E-state index in [1.165, 1.54) is 39.9 Å². The van der Waals surface area contributed by atoms with E-state index in [0.29, 0.717) is 22.7 Å². The van der Waals surface area contributed by atoms with Crippen molar-refractivity contribution in [3.63, 3.8) is 0 Å². The second-order valence-electron chi connectivity index (χ2n) is 5.86. The molecule has 8 nitrogen and oxygen atoms in total. The van der Waals surface area contributed by atoms with Crippen LogP contribution in [0.4, 0.5) is 5.69 Å². The molecule has 1 saturated heterocycles. The molecule has 1 aromatic carbocycles. The van der Waals surface area contributed by atoms with Gasteiger partial charge in [-0.2, -0.15) is 4.31 Å². The fourth-order valence-corrected chi connectivity index (χ4v) is 5.71. The van der Waals surface area contributed by atoms with Crippen molar-refractivity contribution in [3.05, 3.63) is 57.5 Å². The molecule has 26 heavy (non-hydrogen) atoms. The third-order valence-electron chi connectivity index (χ3n) is 4.22. The van der Waals surface area contributed by atoms with Gasteiger partial charge in [0.15, 0.2) is 0 Å². The van der Waals surface area contributed by atoms with Crippen molar-refractivity contribution in [2.24, 2.45) is 0 Å². The SMILES string of the molecule is O=C(NC[C@@H]1CCCN1S(=O)(=O)c1cccs1)c1ccc([N+](=O)[O-])cc1.